The van der Waals surface area contributed by atoms with Crippen molar-refractivity contribution >= 4 is 5.97 Å². The van der Waals surface area contributed by atoms with Gasteiger partial charge in [0.1, 0.15) is 5.75 Å². The zero-order valence-corrected chi connectivity index (χ0v) is 7.56. The van der Waals surface area contributed by atoms with Crippen LogP contribution in [0.4, 0.5) is 0 Å². The Morgan fingerprint density at radius 1 is 1.57 bits per heavy atom. The van der Waals surface area contributed by atoms with Crippen molar-refractivity contribution < 1.29 is 14.6 Å². The summed E-state index contributed by atoms with van der Waals surface area (Å²) in [5.74, 6) is -0.355. The number of nitrogens with two attached hydrogens (primary N) is 1. The van der Waals surface area contributed by atoms with E-state index in [9.17, 15) is 4.79 Å². The minimum absolute atomic E-state index is 0.231. The Kier molecular flexibility index (Phi) is 2.13. The lowest BCUT2D eigenvalue weighted by molar-refractivity contribution is 0.0693. The molecule has 0 amide bonds. The van der Waals surface area contributed by atoms with Crippen molar-refractivity contribution in [2.24, 2.45) is 5.73 Å². The molecule has 0 fully saturated rings. The van der Waals surface area contributed by atoms with E-state index < -0.39 is 5.97 Å². The van der Waals surface area contributed by atoms with E-state index in [1.54, 1.807) is 18.2 Å². The molecule has 1 aromatic rings. The molecular formula is C10H11NO3. The first kappa shape index (κ1) is 9.02. The molecule has 0 saturated carbocycles. The summed E-state index contributed by atoms with van der Waals surface area (Å²) in [5, 5.41) is 8.95. The van der Waals surface area contributed by atoms with Crippen LogP contribution >= 0.6 is 0 Å². The zero-order valence-electron chi connectivity index (χ0n) is 7.56. The third kappa shape index (κ3) is 1.33. The van der Waals surface area contributed by atoms with Crippen molar-refractivity contribution in [2.45, 2.75) is 12.5 Å². The van der Waals surface area contributed by atoms with Crippen molar-refractivity contribution in [1.82, 2.24) is 0 Å². The van der Waals surface area contributed by atoms with E-state index >= 15 is 0 Å². The van der Waals surface area contributed by atoms with Gasteiger partial charge < -0.3 is 15.6 Å². The molecule has 1 atom stereocenters. The summed E-state index contributed by atoms with van der Waals surface area (Å²) in [7, 11) is 0. The van der Waals surface area contributed by atoms with Crippen molar-refractivity contribution in [3.05, 3.63) is 29.3 Å². The molecule has 0 spiro atoms. The Hall–Kier alpha value is -1.55. The summed E-state index contributed by atoms with van der Waals surface area (Å²) in [6.07, 6.45) is 0.664. The van der Waals surface area contributed by atoms with E-state index in [0.29, 0.717) is 24.3 Å². The van der Waals surface area contributed by atoms with Gasteiger partial charge in [0.15, 0.2) is 0 Å². The predicted molar refractivity (Wildman–Crippen MR) is 50.4 cm³/mol. The van der Waals surface area contributed by atoms with Gasteiger partial charge in [-0.05, 0) is 12.1 Å². The van der Waals surface area contributed by atoms with Crippen molar-refractivity contribution in [3.63, 3.8) is 0 Å². The first-order valence-electron chi connectivity index (χ1n) is 4.44. The van der Waals surface area contributed by atoms with Gasteiger partial charge in [-0.3, -0.25) is 0 Å². The van der Waals surface area contributed by atoms with E-state index in [1.807, 2.05) is 0 Å². The number of hydrogen-bond acceptors (Lipinski definition) is 3. The van der Waals surface area contributed by atoms with Gasteiger partial charge in [-0.15, -0.1) is 0 Å². The molecule has 2 rings (SSSR count). The van der Waals surface area contributed by atoms with Crippen LogP contribution in [-0.4, -0.2) is 17.7 Å². The molecule has 4 heteroatoms. The van der Waals surface area contributed by atoms with Crippen LogP contribution < -0.4 is 10.5 Å². The third-order valence-corrected chi connectivity index (χ3v) is 2.35. The Morgan fingerprint density at radius 3 is 3.07 bits per heavy atom. The summed E-state index contributed by atoms with van der Waals surface area (Å²) in [6, 6.07) is 4.74. The fraction of sp³-hybridized carbons (Fsp3) is 0.300. The lowest BCUT2D eigenvalue weighted by atomic mass is 9.96. The number of rotatable bonds is 1. The second-order valence-electron chi connectivity index (χ2n) is 3.27. The van der Waals surface area contributed by atoms with Crippen LogP contribution in [0.1, 0.15) is 28.4 Å². The van der Waals surface area contributed by atoms with Crippen LogP contribution in [-0.2, 0) is 0 Å². The van der Waals surface area contributed by atoms with Gasteiger partial charge in [-0.2, -0.15) is 0 Å². The van der Waals surface area contributed by atoms with Gasteiger partial charge >= 0.3 is 5.97 Å². The maximum atomic E-state index is 10.9. The molecule has 0 saturated heterocycles. The van der Waals surface area contributed by atoms with Crippen molar-refractivity contribution in [3.8, 4) is 5.75 Å². The summed E-state index contributed by atoms with van der Waals surface area (Å²) in [5.41, 5.74) is 6.70. The fourth-order valence-corrected chi connectivity index (χ4v) is 1.68. The van der Waals surface area contributed by atoms with E-state index in [-0.39, 0.29) is 11.6 Å². The molecule has 3 N–H and O–H groups in total. The standard InChI is InChI=1S/C10H11NO3/c11-7-4-5-14-8-3-1-2-6(9(7)8)10(12)13/h1-3,7H,4-5,11H2,(H,12,13)/t7-/m1/s1. The minimum atomic E-state index is -0.956. The average molecular weight is 193 g/mol. The van der Waals surface area contributed by atoms with E-state index in [0.717, 1.165) is 0 Å². The molecule has 1 aromatic carbocycles. The molecule has 1 aliphatic rings. The summed E-state index contributed by atoms with van der Waals surface area (Å²) in [4.78, 5) is 10.9. The van der Waals surface area contributed by atoms with Crippen LogP contribution in [0, 0.1) is 0 Å². The number of aromatic carboxylic acids is 1. The predicted octanol–water partition coefficient (Wildman–Crippen LogP) is 1.17. The van der Waals surface area contributed by atoms with Gasteiger partial charge in [0.05, 0.1) is 12.2 Å². The summed E-state index contributed by atoms with van der Waals surface area (Å²) >= 11 is 0. The molecule has 0 unspecified atom stereocenters. The Bertz CT molecular complexity index is 376. The molecule has 0 aromatic heterocycles. The minimum Gasteiger partial charge on any atom is -0.493 e. The van der Waals surface area contributed by atoms with Gasteiger partial charge in [-0.1, -0.05) is 6.07 Å². The van der Waals surface area contributed by atoms with E-state index in [2.05, 4.69) is 0 Å². The molecule has 4 nitrogen and oxygen atoms in total. The van der Waals surface area contributed by atoms with Crippen LogP contribution in [0.25, 0.3) is 0 Å². The van der Waals surface area contributed by atoms with Gasteiger partial charge in [0, 0.05) is 18.0 Å². The van der Waals surface area contributed by atoms with Gasteiger partial charge in [0.2, 0.25) is 0 Å². The number of ether oxygens (including phenoxy) is 1. The van der Waals surface area contributed by atoms with Gasteiger partial charge in [-0.25, -0.2) is 4.79 Å². The second-order valence-corrected chi connectivity index (χ2v) is 3.27. The highest BCUT2D eigenvalue weighted by atomic mass is 16.5. The molecule has 0 bridgehead atoms. The van der Waals surface area contributed by atoms with Crippen molar-refractivity contribution in [1.29, 1.82) is 0 Å². The summed E-state index contributed by atoms with van der Waals surface area (Å²) in [6.45, 7) is 0.553. The van der Waals surface area contributed by atoms with Crippen LogP contribution in [0.15, 0.2) is 18.2 Å². The highest BCUT2D eigenvalue weighted by Crippen LogP contribution is 2.33. The number of carbonyl (C=O) groups is 1. The molecule has 1 heterocycles. The Morgan fingerprint density at radius 2 is 2.36 bits per heavy atom. The molecular weight excluding hydrogens is 182 g/mol. The highest BCUT2D eigenvalue weighted by molar-refractivity contribution is 5.90. The maximum absolute atomic E-state index is 10.9. The Balaban J connectivity index is 2.57. The quantitative estimate of drug-likeness (QED) is 0.702. The number of fused-ring (bicyclic) bond motifs is 1. The van der Waals surface area contributed by atoms with Crippen LogP contribution in [0.3, 0.4) is 0 Å². The average Bonchev–Trinajstić information content (AvgIpc) is 2.17. The highest BCUT2D eigenvalue weighted by Gasteiger charge is 2.23. The first-order chi connectivity index (χ1) is 6.70. The normalized spacial score (nSPS) is 19.6. The van der Waals surface area contributed by atoms with Gasteiger partial charge in [0.25, 0.3) is 0 Å². The lowest BCUT2D eigenvalue weighted by Crippen LogP contribution is -2.23. The Labute approximate surface area is 81.3 Å². The second kappa shape index (κ2) is 3.31. The van der Waals surface area contributed by atoms with E-state index in [4.69, 9.17) is 15.6 Å². The third-order valence-electron chi connectivity index (χ3n) is 2.35. The summed E-state index contributed by atoms with van der Waals surface area (Å²) < 4.78 is 5.34. The number of carboxylic acid groups (broad SMARTS) is 1. The van der Waals surface area contributed by atoms with E-state index in [1.165, 1.54) is 0 Å². The number of carboxylic acids is 1. The smallest absolute Gasteiger partial charge is 0.336 e. The first-order valence-corrected chi connectivity index (χ1v) is 4.44. The van der Waals surface area contributed by atoms with Crippen molar-refractivity contribution in [2.75, 3.05) is 6.61 Å². The molecule has 0 aliphatic carbocycles. The number of hydrogen-bond donors (Lipinski definition) is 2. The fourth-order valence-electron chi connectivity index (χ4n) is 1.68. The molecule has 0 radical (unpaired) electrons. The molecule has 14 heavy (non-hydrogen) atoms. The molecule has 74 valence electrons. The molecule has 1 aliphatic heterocycles. The maximum Gasteiger partial charge on any atom is 0.336 e. The van der Waals surface area contributed by atoms with Crippen LogP contribution in [0.2, 0.25) is 0 Å². The van der Waals surface area contributed by atoms with Crippen LogP contribution in [0.5, 0.6) is 5.75 Å². The lowest BCUT2D eigenvalue weighted by Gasteiger charge is -2.24. The monoisotopic (exact) mass is 193 g/mol. The number of benzene rings is 1. The zero-order chi connectivity index (χ0) is 10.1. The topological polar surface area (TPSA) is 72.5 Å². The SMILES string of the molecule is N[C@@H]1CCOc2cccc(C(=O)O)c21. The largest absolute Gasteiger partial charge is 0.493 e.